The van der Waals surface area contributed by atoms with Crippen LogP contribution in [0.1, 0.15) is 31.4 Å². The zero-order chi connectivity index (χ0) is 17.8. The minimum atomic E-state index is -0.254. The predicted octanol–water partition coefficient (Wildman–Crippen LogP) is 2.18. The second kappa shape index (κ2) is 9.53. The first-order valence-corrected chi connectivity index (χ1v) is 9.28. The van der Waals surface area contributed by atoms with Gasteiger partial charge in [-0.2, -0.15) is 0 Å². The van der Waals surface area contributed by atoms with Crippen molar-refractivity contribution in [1.29, 1.82) is 0 Å². The number of carbonyl (C=O) groups is 1. The molecule has 1 unspecified atom stereocenters. The lowest BCUT2D eigenvalue weighted by Gasteiger charge is -2.36. The number of piperazine rings is 1. The standard InChI is InChI=1S/C19H29FN4O.ClH/c1-14(22-19(25)15-5-7-21-8-6-15)17-13-16(20)3-4-18(17)24-11-9-23(2)10-12-24;/h3-4,13-15,21H,5-12H2,1-2H3,(H,22,25);1H. The van der Waals surface area contributed by atoms with Crippen molar-refractivity contribution in [3.63, 3.8) is 0 Å². The molecule has 2 heterocycles. The van der Waals surface area contributed by atoms with Crippen LogP contribution in [-0.4, -0.2) is 57.1 Å². The average molecular weight is 385 g/mol. The molecule has 1 atom stereocenters. The van der Waals surface area contributed by atoms with E-state index in [-0.39, 0.29) is 36.1 Å². The molecule has 7 heteroatoms. The van der Waals surface area contributed by atoms with Gasteiger partial charge in [0.25, 0.3) is 0 Å². The van der Waals surface area contributed by atoms with E-state index in [0.29, 0.717) is 0 Å². The second-order valence-corrected chi connectivity index (χ2v) is 7.25. The highest BCUT2D eigenvalue weighted by molar-refractivity contribution is 5.85. The molecule has 1 aromatic rings. The lowest BCUT2D eigenvalue weighted by Crippen LogP contribution is -2.45. The quantitative estimate of drug-likeness (QED) is 0.835. The molecule has 2 N–H and O–H groups in total. The maximum Gasteiger partial charge on any atom is 0.223 e. The van der Waals surface area contributed by atoms with E-state index in [1.807, 2.05) is 13.0 Å². The summed E-state index contributed by atoms with van der Waals surface area (Å²) in [7, 11) is 2.12. The van der Waals surface area contributed by atoms with Crippen LogP contribution in [0.4, 0.5) is 10.1 Å². The van der Waals surface area contributed by atoms with Crippen molar-refractivity contribution in [2.75, 3.05) is 51.2 Å². The number of halogens is 2. The summed E-state index contributed by atoms with van der Waals surface area (Å²) in [6.45, 7) is 7.55. The highest BCUT2D eigenvalue weighted by Gasteiger charge is 2.25. The molecule has 2 fully saturated rings. The van der Waals surface area contributed by atoms with Gasteiger partial charge in [0.1, 0.15) is 5.82 Å². The lowest BCUT2D eigenvalue weighted by molar-refractivity contribution is -0.126. The van der Waals surface area contributed by atoms with Gasteiger partial charge in [0, 0.05) is 43.3 Å². The number of hydrogen-bond acceptors (Lipinski definition) is 4. The minimum Gasteiger partial charge on any atom is -0.369 e. The zero-order valence-electron chi connectivity index (χ0n) is 15.6. The van der Waals surface area contributed by atoms with Crippen molar-refractivity contribution in [3.8, 4) is 0 Å². The Bertz CT molecular complexity index is 601. The van der Waals surface area contributed by atoms with Gasteiger partial charge < -0.3 is 20.4 Å². The van der Waals surface area contributed by atoms with Crippen molar-refractivity contribution in [3.05, 3.63) is 29.6 Å². The topological polar surface area (TPSA) is 47.6 Å². The first-order valence-electron chi connectivity index (χ1n) is 9.28. The molecule has 0 aromatic heterocycles. The summed E-state index contributed by atoms with van der Waals surface area (Å²) < 4.78 is 13.9. The van der Waals surface area contributed by atoms with E-state index < -0.39 is 0 Å². The molecule has 26 heavy (non-hydrogen) atoms. The van der Waals surface area contributed by atoms with Gasteiger partial charge in [0.15, 0.2) is 0 Å². The van der Waals surface area contributed by atoms with Crippen LogP contribution in [0, 0.1) is 11.7 Å². The van der Waals surface area contributed by atoms with Gasteiger partial charge in [-0.05, 0) is 58.1 Å². The minimum absolute atomic E-state index is 0. The van der Waals surface area contributed by atoms with Crippen molar-refractivity contribution >= 4 is 24.0 Å². The van der Waals surface area contributed by atoms with Gasteiger partial charge >= 0.3 is 0 Å². The molecule has 2 saturated heterocycles. The van der Waals surface area contributed by atoms with Crippen molar-refractivity contribution in [1.82, 2.24) is 15.5 Å². The Morgan fingerprint density at radius 2 is 1.88 bits per heavy atom. The smallest absolute Gasteiger partial charge is 0.223 e. The molecule has 0 saturated carbocycles. The lowest BCUT2D eigenvalue weighted by atomic mass is 9.96. The van der Waals surface area contributed by atoms with E-state index in [2.05, 4.69) is 27.5 Å². The average Bonchev–Trinajstić information content (AvgIpc) is 2.63. The van der Waals surface area contributed by atoms with Crippen LogP contribution < -0.4 is 15.5 Å². The van der Waals surface area contributed by atoms with Crippen molar-refractivity contribution in [2.24, 2.45) is 5.92 Å². The molecule has 3 rings (SSSR count). The monoisotopic (exact) mass is 384 g/mol. The summed E-state index contributed by atoms with van der Waals surface area (Å²) in [6, 6.07) is 4.73. The third-order valence-corrected chi connectivity index (χ3v) is 5.37. The van der Waals surface area contributed by atoms with Gasteiger partial charge in [-0.25, -0.2) is 4.39 Å². The van der Waals surface area contributed by atoms with Crippen molar-refractivity contribution < 1.29 is 9.18 Å². The molecule has 2 aliphatic rings. The summed E-state index contributed by atoms with van der Waals surface area (Å²) >= 11 is 0. The molecule has 1 amide bonds. The molecule has 0 bridgehead atoms. The van der Waals surface area contributed by atoms with E-state index in [4.69, 9.17) is 0 Å². The van der Waals surface area contributed by atoms with Crippen LogP contribution in [0.3, 0.4) is 0 Å². The van der Waals surface area contributed by atoms with Crippen LogP contribution >= 0.6 is 12.4 Å². The number of rotatable bonds is 4. The van der Waals surface area contributed by atoms with E-state index in [1.165, 1.54) is 6.07 Å². The normalized spacial score (nSPS) is 20.3. The molecular formula is C19H30ClFN4O. The SMILES string of the molecule is CC(NC(=O)C1CCNCC1)c1cc(F)ccc1N1CCN(C)CC1.Cl. The van der Waals surface area contributed by atoms with E-state index in [9.17, 15) is 9.18 Å². The first kappa shape index (κ1) is 20.9. The van der Waals surface area contributed by atoms with Crippen LogP contribution in [0.5, 0.6) is 0 Å². The Morgan fingerprint density at radius 3 is 2.54 bits per heavy atom. The molecule has 2 aliphatic heterocycles. The Morgan fingerprint density at radius 1 is 1.23 bits per heavy atom. The predicted molar refractivity (Wildman–Crippen MR) is 106 cm³/mol. The number of carbonyl (C=O) groups excluding carboxylic acids is 1. The molecular weight excluding hydrogens is 355 g/mol. The molecule has 5 nitrogen and oxygen atoms in total. The molecule has 1 aromatic carbocycles. The fourth-order valence-corrected chi connectivity index (χ4v) is 3.70. The van der Waals surface area contributed by atoms with Gasteiger partial charge in [0.05, 0.1) is 6.04 Å². The Labute approximate surface area is 161 Å². The van der Waals surface area contributed by atoms with Crippen LogP contribution in [-0.2, 0) is 4.79 Å². The van der Waals surface area contributed by atoms with E-state index >= 15 is 0 Å². The Kier molecular flexibility index (Phi) is 7.68. The maximum atomic E-state index is 13.9. The summed E-state index contributed by atoms with van der Waals surface area (Å²) in [5.41, 5.74) is 1.90. The molecule has 0 radical (unpaired) electrons. The second-order valence-electron chi connectivity index (χ2n) is 7.25. The molecule has 0 aliphatic carbocycles. The summed E-state index contributed by atoms with van der Waals surface area (Å²) in [5.74, 6) is -0.109. The third-order valence-electron chi connectivity index (χ3n) is 5.37. The van der Waals surface area contributed by atoms with E-state index in [1.54, 1.807) is 6.07 Å². The number of likely N-dealkylation sites (N-methyl/N-ethyl adjacent to an activating group) is 1. The molecule has 146 valence electrons. The van der Waals surface area contributed by atoms with Gasteiger partial charge in [-0.1, -0.05) is 0 Å². The zero-order valence-corrected chi connectivity index (χ0v) is 16.4. The van der Waals surface area contributed by atoms with Gasteiger partial charge in [-0.3, -0.25) is 4.79 Å². The summed E-state index contributed by atoms with van der Waals surface area (Å²) in [5, 5.41) is 6.39. The number of nitrogens with one attached hydrogen (secondary N) is 2. The fourth-order valence-electron chi connectivity index (χ4n) is 3.70. The number of benzene rings is 1. The van der Waals surface area contributed by atoms with E-state index in [0.717, 1.165) is 63.4 Å². The van der Waals surface area contributed by atoms with Crippen molar-refractivity contribution in [2.45, 2.75) is 25.8 Å². The summed E-state index contributed by atoms with van der Waals surface area (Å²) in [4.78, 5) is 17.1. The highest BCUT2D eigenvalue weighted by atomic mass is 35.5. The van der Waals surface area contributed by atoms with Gasteiger partial charge in [-0.15, -0.1) is 12.4 Å². The Hall–Kier alpha value is -1.37. The number of anilines is 1. The van der Waals surface area contributed by atoms with Crippen LogP contribution in [0.2, 0.25) is 0 Å². The third kappa shape index (κ3) is 5.09. The number of hydrogen-bond donors (Lipinski definition) is 2. The first-order chi connectivity index (χ1) is 12.0. The molecule has 0 spiro atoms. The van der Waals surface area contributed by atoms with Gasteiger partial charge in [0.2, 0.25) is 5.91 Å². The van der Waals surface area contributed by atoms with Crippen LogP contribution in [0.25, 0.3) is 0 Å². The summed E-state index contributed by atoms with van der Waals surface area (Å²) in [6.07, 6.45) is 1.74. The van der Waals surface area contributed by atoms with Crippen LogP contribution in [0.15, 0.2) is 18.2 Å². The number of nitrogens with zero attached hydrogens (tertiary/aromatic N) is 2. The Balaban J connectivity index is 0.00000243. The fraction of sp³-hybridized carbons (Fsp3) is 0.632. The number of amides is 1. The largest absolute Gasteiger partial charge is 0.369 e. The highest BCUT2D eigenvalue weighted by Crippen LogP contribution is 2.29. The number of piperidine rings is 1. The maximum absolute atomic E-state index is 13.9.